The minimum Gasteiger partial charge on any atom is -0.331 e. The molecule has 0 unspecified atom stereocenters. The van der Waals surface area contributed by atoms with Crippen molar-refractivity contribution in [3.63, 3.8) is 0 Å². The second kappa shape index (κ2) is 7.21. The van der Waals surface area contributed by atoms with Crippen LogP contribution < -0.4 is 5.32 Å². The van der Waals surface area contributed by atoms with Crippen LogP contribution in [0.4, 0.5) is 5.95 Å². The highest BCUT2D eigenvalue weighted by Gasteiger charge is 2.03. The third-order valence-corrected chi connectivity index (χ3v) is 3.74. The van der Waals surface area contributed by atoms with E-state index >= 15 is 0 Å². The zero-order valence-electron chi connectivity index (χ0n) is 10.2. The van der Waals surface area contributed by atoms with Gasteiger partial charge in [0.15, 0.2) is 0 Å². The lowest BCUT2D eigenvalue weighted by Gasteiger charge is -2.03. The summed E-state index contributed by atoms with van der Waals surface area (Å²) < 4.78 is 0. The topological polar surface area (TPSA) is 57.8 Å². The molecule has 2 rings (SSSR count). The number of amides is 1. The summed E-state index contributed by atoms with van der Waals surface area (Å²) in [5.41, 5.74) is 0. The summed E-state index contributed by atoms with van der Waals surface area (Å²) >= 11 is 7.53. The molecule has 0 bridgehead atoms. The van der Waals surface area contributed by atoms with Gasteiger partial charge in [0.1, 0.15) is 0 Å². The van der Waals surface area contributed by atoms with Crippen LogP contribution in [0.5, 0.6) is 0 Å². The number of carbonyl (C=O) groups excluding carboxylic acids is 1. The number of nitrogens with one attached hydrogen (secondary N) is 2. The number of imidazole rings is 1. The van der Waals surface area contributed by atoms with Gasteiger partial charge in [0, 0.05) is 28.7 Å². The number of hydrogen-bond acceptors (Lipinski definition) is 3. The van der Waals surface area contributed by atoms with E-state index in [1.807, 2.05) is 24.3 Å². The third kappa shape index (κ3) is 4.96. The van der Waals surface area contributed by atoms with Crippen molar-refractivity contribution in [3.8, 4) is 0 Å². The highest BCUT2D eigenvalue weighted by molar-refractivity contribution is 7.99. The average molecular weight is 296 g/mol. The van der Waals surface area contributed by atoms with Gasteiger partial charge in [-0.05, 0) is 36.4 Å². The quantitative estimate of drug-likeness (QED) is 0.632. The van der Waals surface area contributed by atoms with Gasteiger partial charge in [-0.25, -0.2) is 4.98 Å². The standard InChI is InChI=1S/C13H14ClN3OS/c14-10-3-5-11(6-4-10)19-9-1-2-12(18)17-13-15-7-8-16-13/h3-8H,1-2,9H2,(H2,15,16,17,18). The van der Waals surface area contributed by atoms with Gasteiger partial charge in [-0.1, -0.05) is 11.6 Å². The molecule has 1 aromatic heterocycles. The molecule has 0 saturated carbocycles. The van der Waals surface area contributed by atoms with Crippen LogP contribution in [0.2, 0.25) is 5.02 Å². The predicted molar refractivity (Wildman–Crippen MR) is 78.6 cm³/mol. The van der Waals surface area contributed by atoms with Crippen molar-refractivity contribution >= 4 is 35.2 Å². The van der Waals surface area contributed by atoms with Crippen molar-refractivity contribution in [2.45, 2.75) is 17.7 Å². The fraction of sp³-hybridized carbons (Fsp3) is 0.231. The first kappa shape index (κ1) is 14.0. The van der Waals surface area contributed by atoms with Crippen LogP contribution in [0.25, 0.3) is 0 Å². The molecule has 0 aliphatic carbocycles. The van der Waals surface area contributed by atoms with E-state index in [1.54, 1.807) is 24.2 Å². The number of carbonyl (C=O) groups is 1. The maximum absolute atomic E-state index is 11.6. The summed E-state index contributed by atoms with van der Waals surface area (Å²) in [6, 6.07) is 7.70. The van der Waals surface area contributed by atoms with Crippen molar-refractivity contribution in [3.05, 3.63) is 41.7 Å². The Kier molecular flexibility index (Phi) is 5.30. The fourth-order valence-electron chi connectivity index (χ4n) is 1.48. The molecule has 100 valence electrons. The molecule has 0 saturated heterocycles. The molecular formula is C13H14ClN3OS. The molecule has 0 fully saturated rings. The summed E-state index contributed by atoms with van der Waals surface area (Å²) in [6.07, 6.45) is 4.58. The number of nitrogens with zero attached hydrogens (tertiary/aromatic N) is 1. The van der Waals surface area contributed by atoms with E-state index in [0.717, 1.165) is 22.1 Å². The minimum absolute atomic E-state index is 0.0216. The van der Waals surface area contributed by atoms with Crippen LogP contribution in [-0.4, -0.2) is 21.6 Å². The van der Waals surface area contributed by atoms with Gasteiger partial charge in [-0.2, -0.15) is 0 Å². The molecule has 1 amide bonds. The number of benzene rings is 1. The summed E-state index contributed by atoms with van der Waals surface area (Å²) in [5, 5.41) is 3.43. The van der Waals surface area contributed by atoms with E-state index in [0.29, 0.717) is 12.4 Å². The number of thioether (sulfide) groups is 1. The molecule has 1 aromatic carbocycles. The highest BCUT2D eigenvalue weighted by atomic mass is 35.5. The minimum atomic E-state index is -0.0216. The number of aromatic amines is 1. The maximum Gasteiger partial charge on any atom is 0.226 e. The van der Waals surface area contributed by atoms with Gasteiger partial charge in [0.25, 0.3) is 0 Å². The Morgan fingerprint density at radius 2 is 2.16 bits per heavy atom. The first-order valence-electron chi connectivity index (χ1n) is 5.91. The Hall–Kier alpha value is -1.46. The molecule has 6 heteroatoms. The smallest absolute Gasteiger partial charge is 0.226 e. The first-order chi connectivity index (χ1) is 9.24. The Morgan fingerprint density at radius 3 is 2.84 bits per heavy atom. The van der Waals surface area contributed by atoms with E-state index in [4.69, 9.17) is 11.6 Å². The van der Waals surface area contributed by atoms with E-state index in [-0.39, 0.29) is 5.91 Å². The molecule has 0 aliphatic rings. The number of rotatable bonds is 6. The van der Waals surface area contributed by atoms with Crippen LogP contribution >= 0.6 is 23.4 Å². The lowest BCUT2D eigenvalue weighted by molar-refractivity contribution is -0.116. The molecule has 2 N–H and O–H groups in total. The number of hydrogen-bond donors (Lipinski definition) is 2. The van der Waals surface area contributed by atoms with E-state index in [2.05, 4.69) is 15.3 Å². The van der Waals surface area contributed by atoms with Crippen LogP contribution in [-0.2, 0) is 4.79 Å². The van der Waals surface area contributed by atoms with Gasteiger partial charge in [-0.15, -0.1) is 11.8 Å². The average Bonchev–Trinajstić information content (AvgIpc) is 2.89. The number of aromatic nitrogens is 2. The number of H-pyrrole nitrogens is 1. The number of anilines is 1. The molecule has 0 spiro atoms. The van der Waals surface area contributed by atoms with Crippen LogP contribution in [0.3, 0.4) is 0 Å². The predicted octanol–water partition coefficient (Wildman–Crippen LogP) is 3.57. The molecule has 4 nitrogen and oxygen atoms in total. The van der Waals surface area contributed by atoms with Crippen LogP contribution in [0, 0.1) is 0 Å². The van der Waals surface area contributed by atoms with E-state index < -0.39 is 0 Å². The lowest BCUT2D eigenvalue weighted by atomic mass is 10.3. The van der Waals surface area contributed by atoms with Crippen molar-refractivity contribution in [2.24, 2.45) is 0 Å². The normalized spacial score (nSPS) is 10.4. The monoisotopic (exact) mass is 295 g/mol. The molecule has 19 heavy (non-hydrogen) atoms. The van der Waals surface area contributed by atoms with Crippen molar-refractivity contribution in [2.75, 3.05) is 11.1 Å². The first-order valence-corrected chi connectivity index (χ1v) is 7.28. The van der Waals surface area contributed by atoms with Crippen molar-refractivity contribution < 1.29 is 4.79 Å². The fourth-order valence-corrected chi connectivity index (χ4v) is 2.46. The van der Waals surface area contributed by atoms with Crippen LogP contribution in [0.15, 0.2) is 41.6 Å². The summed E-state index contributed by atoms with van der Waals surface area (Å²) in [6.45, 7) is 0. The Labute approximate surface area is 121 Å². The lowest BCUT2D eigenvalue weighted by Crippen LogP contribution is -2.12. The maximum atomic E-state index is 11.6. The zero-order chi connectivity index (χ0) is 13.5. The number of halogens is 1. The molecule has 1 heterocycles. The van der Waals surface area contributed by atoms with Gasteiger partial charge in [0.2, 0.25) is 11.9 Å². The molecule has 0 atom stereocenters. The Bertz CT molecular complexity index is 513. The second-order valence-corrected chi connectivity index (χ2v) is 5.50. The highest BCUT2D eigenvalue weighted by Crippen LogP contribution is 2.21. The Balaban J connectivity index is 1.64. The summed E-state index contributed by atoms with van der Waals surface area (Å²) in [7, 11) is 0. The molecule has 2 aromatic rings. The summed E-state index contributed by atoms with van der Waals surface area (Å²) in [5.74, 6) is 1.37. The van der Waals surface area contributed by atoms with Gasteiger partial charge in [0.05, 0.1) is 0 Å². The van der Waals surface area contributed by atoms with E-state index in [1.165, 1.54) is 0 Å². The van der Waals surface area contributed by atoms with Gasteiger partial charge < -0.3 is 4.98 Å². The van der Waals surface area contributed by atoms with Crippen LogP contribution in [0.1, 0.15) is 12.8 Å². The second-order valence-electron chi connectivity index (χ2n) is 3.89. The largest absolute Gasteiger partial charge is 0.331 e. The zero-order valence-corrected chi connectivity index (χ0v) is 11.8. The van der Waals surface area contributed by atoms with E-state index in [9.17, 15) is 4.79 Å². The molecule has 0 radical (unpaired) electrons. The van der Waals surface area contributed by atoms with Crippen molar-refractivity contribution in [1.29, 1.82) is 0 Å². The van der Waals surface area contributed by atoms with Gasteiger partial charge in [-0.3, -0.25) is 10.1 Å². The third-order valence-electron chi connectivity index (χ3n) is 2.39. The molecule has 0 aliphatic heterocycles. The Morgan fingerprint density at radius 1 is 1.37 bits per heavy atom. The van der Waals surface area contributed by atoms with Gasteiger partial charge >= 0.3 is 0 Å². The molecular weight excluding hydrogens is 282 g/mol. The SMILES string of the molecule is O=C(CCCSc1ccc(Cl)cc1)Nc1ncc[nH]1. The van der Waals surface area contributed by atoms with Crippen molar-refractivity contribution in [1.82, 2.24) is 9.97 Å². The summed E-state index contributed by atoms with van der Waals surface area (Å²) in [4.78, 5) is 19.5.